The third-order valence-corrected chi connectivity index (χ3v) is 6.92. The van der Waals surface area contributed by atoms with Gasteiger partial charge in [-0.1, -0.05) is 18.2 Å². The maximum absolute atomic E-state index is 13.3. The van der Waals surface area contributed by atoms with E-state index in [1.54, 1.807) is 45.9 Å². The maximum atomic E-state index is 13.3. The highest BCUT2D eigenvalue weighted by Crippen LogP contribution is 2.41. The normalized spacial score (nSPS) is 16.2. The molecular weight excluding hydrogens is 391 g/mol. The average molecular weight is 419 g/mol. The van der Waals surface area contributed by atoms with Gasteiger partial charge < -0.3 is 5.32 Å². The number of hydrogen-bond acceptors (Lipinski definition) is 3. The molecule has 0 saturated heterocycles. The number of carbonyl (C=O) groups excluding carboxylic acids is 1. The van der Waals surface area contributed by atoms with Gasteiger partial charge >= 0.3 is 0 Å². The zero-order valence-electron chi connectivity index (χ0n) is 17.2. The first-order valence-electron chi connectivity index (χ1n) is 9.65. The molecule has 0 heterocycles. The molecule has 156 valence electrons. The molecular formula is C22H27FN2O3S. The molecule has 3 rings (SSSR count). The number of hydrogen-bond donors (Lipinski definition) is 2. The highest BCUT2D eigenvalue weighted by atomic mass is 32.2. The topological polar surface area (TPSA) is 75.3 Å². The lowest BCUT2D eigenvalue weighted by atomic mass is 9.71. The fraction of sp³-hybridized carbons (Fsp3) is 0.409. The lowest BCUT2D eigenvalue weighted by Gasteiger charge is -2.43. The van der Waals surface area contributed by atoms with E-state index in [0.717, 1.165) is 24.8 Å². The van der Waals surface area contributed by atoms with Crippen molar-refractivity contribution in [3.8, 4) is 0 Å². The number of nitrogens with one attached hydrogen (secondary N) is 2. The van der Waals surface area contributed by atoms with E-state index in [0.29, 0.717) is 11.1 Å². The smallest absolute Gasteiger partial charge is 0.252 e. The molecule has 1 aliphatic carbocycles. The van der Waals surface area contributed by atoms with Crippen LogP contribution in [0.15, 0.2) is 47.4 Å². The summed E-state index contributed by atoms with van der Waals surface area (Å²) < 4.78 is 41.2. The largest absolute Gasteiger partial charge is 0.343 e. The number of amides is 1. The Morgan fingerprint density at radius 2 is 1.69 bits per heavy atom. The van der Waals surface area contributed by atoms with Crippen LogP contribution in [-0.2, 0) is 15.6 Å². The lowest BCUT2D eigenvalue weighted by Crippen LogP contribution is -2.51. The predicted molar refractivity (Wildman–Crippen MR) is 111 cm³/mol. The number of carbonyl (C=O) groups is 1. The van der Waals surface area contributed by atoms with Gasteiger partial charge in [0.15, 0.2) is 0 Å². The molecule has 2 aromatic carbocycles. The maximum Gasteiger partial charge on any atom is 0.252 e. The van der Waals surface area contributed by atoms with E-state index in [1.165, 1.54) is 24.3 Å². The van der Waals surface area contributed by atoms with Crippen molar-refractivity contribution in [2.45, 2.75) is 62.9 Å². The van der Waals surface area contributed by atoms with Crippen LogP contribution in [0, 0.1) is 12.7 Å². The van der Waals surface area contributed by atoms with E-state index in [9.17, 15) is 17.6 Å². The summed E-state index contributed by atoms with van der Waals surface area (Å²) >= 11 is 0. The van der Waals surface area contributed by atoms with E-state index >= 15 is 0 Å². The quantitative estimate of drug-likeness (QED) is 0.770. The molecule has 0 aromatic heterocycles. The molecule has 0 radical (unpaired) electrons. The molecule has 1 saturated carbocycles. The Kier molecular flexibility index (Phi) is 5.58. The Balaban J connectivity index is 1.90. The van der Waals surface area contributed by atoms with Gasteiger partial charge in [0.2, 0.25) is 10.0 Å². The molecule has 2 aromatic rings. The monoisotopic (exact) mass is 418 g/mol. The number of rotatable bonds is 5. The van der Waals surface area contributed by atoms with Crippen molar-refractivity contribution in [3.05, 3.63) is 65.0 Å². The van der Waals surface area contributed by atoms with Gasteiger partial charge in [-0.15, -0.1) is 0 Å². The first-order chi connectivity index (χ1) is 13.4. The molecule has 0 spiro atoms. The Morgan fingerprint density at radius 3 is 2.21 bits per heavy atom. The second-order valence-corrected chi connectivity index (χ2v) is 10.4. The third kappa shape index (κ3) is 4.67. The summed E-state index contributed by atoms with van der Waals surface area (Å²) in [6, 6.07) is 10.7. The van der Waals surface area contributed by atoms with Crippen molar-refractivity contribution in [1.82, 2.24) is 10.0 Å². The Bertz CT molecular complexity index is 1020. The summed E-state index contributed by atoms with van der Waals surface area (Å²) in [4.78, 5) is 13.1. The van der Waals surface area contributed by atoms with Crippen LogP contribution in [0.3, 0.4) is 0 Å². The van der Waals surface area contributed by atoms with Gasteiger partial charge in [-0.2, -0.15) is 0 Å². The molecule has 0 bridgehead atoms. The van der Waals surface area contributed by atoms with Crippen LogP contribution in [0.4, 0.5) is 4.39 Å². The molecule has 0 aliphatic heterocycles. The molecule has 1 amide bonds. The molecule has 5 nitrogen and oxygen atoms in total. The average Bonchev–Trinajstić information content (AvgIpc) is 2.57. The number of aryl methyl sites for hydroxylation is 1. The van der Waals surface area contributed by atoms with E-state index in [2.05, 4.69) is 10.0 Å². The number of halogens is 1. The summed E-state index contributed by atoms with van der Waals surface area (Å²) in [5, 5.41) is 3.07. The second kappa shape index (κ2) is 7.54. The molecule has 1 aliphatic rings. The zero-order chi connectivity index (χ0) is 21.4. The van der Waals surface area contributed by atoms with Crippen LogP contribution in [0.1, 0.15) is 61.5 Å². The summed E-state index contributed by atoms with van der Waals surface area (Å²) in [5.74, 6) is -0.658. The minimum absolute atomic E-state index is 0.0487. The van der Waals surface area contributed by atoms with Crippen LogP contribution in [0.5, 0.6) is 0 Å². The predicted octanol–water partition coefficient (Wildman–Crippen LogP) is 4.02. The van der Waals surface area contributed by atoms with Crippen LogP contribution in [-0.4, -0.2) is 19.9 Å². The van der Waals surface area contributed by atoms with Crippen molar-refractivity contribution in [1.29, 1.82) is 0 Å². The molecule has 1 fully saturated rings. The zero-order valence-corrected chi connectivity index (χ0v) is 18.0. The van der Waals surface area contributed by atoms with E-state index < -0.39 is 21.1 Å². The number of sulfonamides is 1. The highest BCUT2D eigenvalue weighted by Gasteiger charge is 2.40. The molecule has 0 unspecified atom stereocenters. The second-order valence-electron chi connectivity index (χ2n) is 8.73. The van der Waals surface area contributed by atoms with E-state index in [1.807, 2.05) is 0 Å². The fourth-order valence-electron chi connectivity index (χ4n) is 3.54. The van der Waals surface area contributed by atoms with Gasteiger partial charge in [0.25, 0.3) is 5.91 Å². The lowest BCUT2D eigenvalue weighted by molar-refractivity contribution is 0.0822. The molecule has 2 N–H and O–H groups in total. The first-order valence-corrected chi connectivity index (χ1v) is 11.1. The first kappa shape index (κ1) is 21.5. The summed E-state index contributed by atoms with van der Waals surface area (Å²) in [5.41, 5.74) is 0.677. The van der Waals surface area contributed by atoms with Crippen molar-refractivity contribution in [2.75, 3.05) is 0 Å². The fourth-order valence-corrected chi connectivity index (χ4v) is 4.99. The minimum Gasteiger partial charge on any atom is -0.343 e. The van der Waals surface area contributed by atoms with E-state index in [-0.39, 0.29) is 16.6 Å². The van der Waals surface area contributed by atoms with Crippen LogP contribution < -0.4 is 10.0 Å². The van der Waals surface area contributed by atoms with Crippen LogP contribution in [0.25, 0.3) is 0 Å². The van der Waals surface area contributed by atoms with Crippen molar-refractivity contribution >= 4 is 15.9 Å². The molecule has 0 atom stereocenters. The Labute approximate surface area is 171 Å². The van der Waals surface area contributed by atoms with Gasteiger partial charge in [0, 0.05) is 11.1 Å². The van der Waals surface area contributed by atoms with E-state index in [4.69, 9.17) is 0 Å². The SMILES string of the molecule is Cc1ccc(S(=O)(=O)NC(C)(C)C)cc1C(=O)NC1(c2ccc(F)cc2)CCC1. The van der Waals surface area contributed by atoms with Crippen molar-refractivity contribution < 1.29 is 17.6 Å². The summed E-state index contributed by atoms with van der Waals surface area (Å²) in [6.07, 6.45) is 2.47. The Hall–Kier alpha value is -2.25. The summed E-state index contributed by atoms with van der Waals surface area (Å²) in [6.45, 7) is 7.05. The molecule has 7 heteroatoms. The van der Waals surface area contributed by atoms with Gasteiger partial charge in [-0.05, 0) is 82.3 Å². The van der Waals surface area contributed by atoms with Crippen molar-refractivity contribution in [2.24, 2.45) is 0 Å². The van der Waals surface area contributed by atoms with Gasteiger partial charge in [0.05, 0.1) is 10.4 Å². The van der Waals surface area contributed by atoms with Gasteiger partial charge in [-0.3, -0.25) is 4.79 Å². The minimum atomic E-state index is -3.75. The van der Waals surface area contributed by atoms with Crippen LogP contribution >= 0.6 is 0 Å². The Morgan fingerprint density at radius 1 is 1.07 bits per heavy atom. The van der Waals surface area contributed by atoms with Crippen LogP contribution in [0.2, 0.25) is 0 Å². The van der Waals surface area contributed by atoms with Gasteiger partial charge in [0.1, 0.15) is 5.82 Å². The summed E-state index contributed by atoms with van der Waals surface area (Å²) in [7, 11) is -3.75. The molecule has 29 heavy (non-hydrogen) atoms. The highest BCUT2D eigenvalue weighted by molar-refractivity contribution is 7.89. The van der Waals surface area contributed by atoms with Crippen molar-refractivity contribution in [3.63, 3.8) is 0 Å². The number of benzene rings is 2. The third-order valence-electron chi connectivity index (χ3n) is 5.16. The standard InChI is InChI=1S/C22H27FN2O3S/c1-15-6-11-18(29(27,28)25-21(2,3)4)14-19(15)20(26)24-22(12-5-13-22)16-7-9-17(23)10-8-16/h6-11,14,25H,5,12-13H2,1-4H3,(H,24,26). The van der Waals surface area contributed by atoms with Gasteiger partial charge in [-0.25, -0.2) is 17.5 Å².